The number of fused-ring (bicyclic) bond motifs is 1. The molecule has 1 saturated carbocycles. The van der Waals surface area contributed by atoms with Crippen LogP contribution in [0.4, 0.5) is 0 Å². The maximum atomic E-state index is 6.04. The van der Waals surface area contributed by atoms with Crippen molar-refractivity contribution in [2.45, 2.75) is 38.0 Å². The third-order valence-corrected chi connectivity index (χ3v) is 3.70. The first-order chi connectivity index (χ1) is 7.86. The van der Waals surface area contributed by atoms with Gasteiger partial charge < -0.3 is 0 Å². The molecule has 3 rings (SSSR count). The van der Waals surface area contributed by atoms with Crippen molar-refractivity contribution >= 4 is 17.1 Å². The Morgan fingerprint density at radius 3 is 2.81 bits per heavy atom. The lowest BCUT2D eigenvalue weighted by Gasteiger charge is -2.20. The first-order valence-corrected chi connectivity index (χ1v) is 6.21. The average Bonchev–Trinajstić information content (AvgIpc) is 2.75. The van der Waals surface area contributed by atoms with Crippen LogP contribution in [0.2, 0.25) is 5.15 Å². The molecule has 1 fully saturated rings. The van der Waals surface area contributed by atoms with E-state index >= 15 is 0 Å². The summed E-state index contributed by atoms with van der Waals surface area (Å²) in [6.07, 6.45) is 12.0. The highest BCUT2D eigenvalue weighted by Crippen LogP contribution is 2.32. The number of aromatic nitrogens is 3. The molecule has 16 heavy (non-hydrogen) atoms. The van der Waals surface area contributed by atoms with E-state index in [2.05, 4.69) is 14.4 Å². The van der Waals surface area contributed by atoms with Crippen molar-refractivity contribution in [1.82, 2.24) is 14.4 Å². The fourth-order valence-corrected chi connectivity index (χ4v) is 2.78. The minimum Gasteiger partial charge on any atom is -0.299 e. The van der Waals surface area contributed by atoms with E-state index in [1.807, 2.05) is 12.4 Å². The van der Waals surface area contributed by atoms with Crippen LogP contribution in [-0.2, 0) is 0 Å². The van der Waals surface area contributed by atoms with Crippen molar-refractivity contribution in [2.75, 3.05) is 0 Å². The number of rotatable bonds is 1. The second kappa shape index (κ2) is 4.06. The van der Waals surface area contributed by atoms with Gasteiger partial charge in [0.25, 0.3) is 0 Å². The summed E-state index contributed by atoms with van der Waals surface area (Å²) in [7, 11) is 0. The van der Waals surface area contributed by atoms with Crippen LogP contribution in [0.25, 0.3) is 5.52 Å². The normalized spacial score (nSPS) is 18.1. The van der Waals surface area contributed by atoms with E-state index in [1.54, 1.807) is 6.20 Å². The highest BCUT2D eigenvalue weighted by molar-refractivity contribution is 6.32. The third-order valence-electron chi connectivity index (χ3n) is 3.41. The van der Waals surface area contributed by atoms with Crippen molar-refractivity contribution in [3.05, 3.63) is 29.6 Å². The van der Waals surface area contributed by atoms with Gasteiger partial charge in [0.15, 0.2) is 5.15 Å². The molecule has 0 radical (unpaired) electrons. The van der Waals surface area contributed by atoms with Gasteiger partial charge in [-0.25, -0.2) is 9.97 Å². The maximum Gasteiger partial charge on any atom is 0.154 e. The molecule has 3 nitrogen and oxygen atoms in total. The summed E-state index contributed by atoms with van der Waals surface area (Å²) in [6, 6.07) is 0. The van der Waals surface area contributed by atoms with Gasteiger partial charge in [-0.1, -0.05) is 30.9 Å². The standard InChI is InChI=1S/C12H14ClN3/c13-11-10-8-15-12(16(10)7-6-14-11)9-4-2-1-3-5-9/h6-9H,1-5H2. The Kier molecular flexibility index (Phi) is 2.56. The molecule has 0 spiro atoms. The van der Waals surface area contributed by atoms with Gasteiger partial charge >= 0.3 is 0 Å². The van der Waals surface area contributed by atoms with E-state index in [9.17, 15) is 0 Å². The summed E-state index contributed by atoms with van der Waals surface area (Å²) < 4.78 is 2.09. The van der Waals surface area contributed by atoms with E-state index in [0.29, 0.717) is 11.1 Å². The zero-order valence-corrected chi connectivity index (χ0v) is 9.82. The molecule has 84 valence electrons. The number of hydrogen-bond donors (Lipinski definition) is 0. The van der Waals surface area contributed by atoms with Gasteiger partial charge in [0.1, 0.15) is 11.3 Å². The van der Waals surface area contributed by atoms with Gasteiger partial charge in [0.05, 0.1) is 6.20 Å². The molecule has 4 heteroatoms. The predicted octanol–water partition coefficient (Wildman–Crippen LogP) is 3.43. The Labute approximate surface area is 99.5 Å². The molecule has 0 aliphatic heterocycles. The van der Waals surface area contributed by atoms with Crippen molar-refractivity contribution in [3.63, 3.8) is 0 Å². The smallest absolute Gasteiger partial charge is 0.154 e. The van der Waals surface area contributed by atoms with Crippen LogP contribution < -0.4 is 0 Å². The molecule has 1 aliphatic rings. The summed E-state index contributed by atoms with van der Waals surface area (Å²) in [5, 5.41) is 0.539. The molecular weight excluding hydrogens is 222 g/mol. The van der Waals surface area contributed by atoms with Gasteiger partial charge in [-0.2, -0.15) is 0 Å². The van der Waals surface area contributed by atoms with Gasteiger partial charge in [-0.05, 0) is 12.8 Å². The van der Waals surface area contributed by atoms with Crippen LogP contribution in [-0.4, -0.2) is 14.4 Å². The monoisotopic (exact) mass is 235 g/mol. The van der Waals surface area contributed by atoms with Crippen LogP contribution in [0.5, 0.6) is 0 Å². The van der Waals surface area contributed by atoms with Crippen molar-refractivity contribution < 1.29 is 0 Å². The minimum atomic E-state index is 0.539. The van der Waals surface area contributed by atoms with E-state index in [4.69, 9.17) is 11.6 Å². The zero-order chi connectivity index (χ0) is 11.0. The van der Waals surface area contributed by atoms with E-state index < -0.39 is 0 Å². The van der Waals surface area contributed by atoms with Crippen molar-refractivity contribution in [1.29, 1.82) is 0 Å². The summed E-state index contributed by atoms with van der Waals surface area (Å²) in [6.45, 7) is 0. The molecule has 0 aromatic carbocycles. The molecule has 2 aromatic heterocycles. The zero-order valence-electron chi connectivity index (χ0n) is 9.06. The Morgan fingerprint density at radius 1 is 1.19 bits per heavy atom. The lowest BCUT2D eigenvalue weighted by Crippen LogP contribution is -2.08. The van der Waals surface area contributed by atoms with Crippen molar-refractivity contribution in [3.8, 4) is 0 Å². The molecule has 0 saturated heterocycles. The second-order valence-electron chi connectivity index (χ2n) is 4.42. The maximum absolute atomic E-state index is 6.04. The summed E-state index contributed by atoms with van der Waals surface area (Å²) >= 11 is 6.04. The molecular formula is C12H14ClN3. The third kappa shape index (κ3) is 1.59. The fraction of sp³-hybridized carbons (Fsp3) is 0.500. The van der Waals surface area contributed by atoms with Gasteiger partial charge in [0.2, 0.25) is 0 Å². The number of nitrogens with zero attached hydrogens (tertiary/aromatic N) is 3. The van der Waals surface area contributed by atoms with E-state index in [1.165, 1.54) is 32.1 Å². The summed E-state index contributed by atoms with van der Waals surface area (Å²) in [5.41, 5.74) is 0.921. The fourth-order valence-electron chi connectivity index (χ4n) is 2.58. The van der Waals surface area contributed by atoms with Gasteiger partial charge in [-0.3, -0.25) is 4.40 Å². The number of halogens is 1. The summed E-state index contributed by atoms with van der Waals surface area (Å²) in [5.74, 6) is 1.74. The topological polar surface area (TPSA) is 30.2 Å². The molecule has 0 N–H and O–H groups in total. The Bertz CT molecular complexity index is 500. The Morgan fingerprint density at radius 2 is 2.00 bits per heavy atom. The molecule has 0 atom stereocenters. The first-order valence-electron chi connectivity index (χ1n) is 5.84. The van der Waals surface area contributed by atoms with Crippen LogP contribution in [0, 0.1) is 0 Å². The lowest BCUT2D eigenvalue weighted by molar-refractivity contribution is 0.427. The Balaban J connectivity index is 2.06. The van der Waals surface area contributed by atoms with Crippen LogP contribution in [0.3, 0.4) is 0 Å². The first kappa shape index (κ1) is 10.1. The molecule has 0 amide bonds. The molecule has 2 heterocycles. The van der Waals surface area contributed by atoms with E-state index in [0.717, 1.165) is 11.3 Å². The highest BCUT2D eigenvalue weighted by Gasteiger charge is 2.20. The number of imidazole rings is 1. The summed E-state index contributed by atoms with van der Waals surface area (Å²) in [4.78, 5) is 8.59. The molecule has 0 bridgehead atoms. The van der Waals surface area contributed by atoms with Gasteiger partial charge in [-0.15, -0.1) is 0 Å². The lowest BCUT2D eigenvalue weighted by atomic mass is 9.89. The SMILES string of the molecule is Clc1nccn2c(C3CCCCC3)ncc12. The number of hydrogen-bond acceptors (Lipinski definition) is 2. The molecule has 1 aliphatic carbocycles. The molecule has 0 unspecified atom stereocenters. The molecule has 2 aromatic rings. The minimum absolute atomic E-state index is 0.539. The van der Waals surface area contributed by atoms with Crippen molar-refractivity contribution in [2.24, 2.45) is 0 Å². The van der Waals surface area contributed by atoms with Crippen LogP contribution >= 0.6 is 11.6 Å². The highest BCUT2D eigenvalue weighted by atomic mass is 35.5. The Hall–Kier alpha value is -1.09. The van der Waals surface area contributed by atoms with Gasteiger partial charge in [0, 0.05) is 18.3 Å². The largest absolute Gasteiger partial charge is 0.299 e. The van der Waals surface area contributed by atoms with E-state index in [-0.39, 0.29) is 0 Å². The second-order valence-corrected chi connectivity index (χ2v) is 4.78. The quantitative estimate of drug-likeness (QED) is 0.758. The van der Waals surface area contributed by atoms with Crippen LogP contribution in [0.15, 0.2) is 18.6 Å². The van der Waals surface area contributed by atoms with Crippen LogP contribution in [0.1, 0.15) is 43.8 Å². The average molecular weight is 236 g/mol. The predicted molar refractivity (Wildman–Crippen MR) is 63.8 cm³/mol.